The van der Waals surface area contributed by atoms with Crippen LogP contribution in [0.1, 0.15) is 30.9 Å². The van der Waals surface area contributed by atoms with E-state index < -0.39 is 0 Å². The number of anilines is 2. The number of fused-ring (bicyclic) bond motifs is 2. The third-order valence-corrected chi connectivity index (χ3v) is 9.96. The second-order valence-corrected chi connectivity index (χ2v) is 13.8. The van der Waals surface area contributed by atoms with Crippen LogP contribution >= 0.6 is 11.8 Å². The molecule has 0 bridgehead atoms. The quantitative estimate of drug-likeness (QED) is 0.102. The summed E-state index contributed by atoms with van der Waals surface area (Å²) < 4.78 is 9.18. The van der Waals surface area contributed by atoms with Crippen molar-refractivity contribution >= 4 is 40.2 Å². The van der Waals surface area contributed by atoms with Crippen LogP contribution in [0.2, 0.25) is 0 Å². The number of quaternary nitrogens is 1. The van der Waals surface area contributed by atoms with Crippen molar-refractivity contribution in [1.82, 2.24) is 0 Å². The van der Waals surface area contributed by atoms with Gasteiger partial charge in [-0.2, -0.15) is 4.57 Å². The molecule has 1 aliphatic rings. The van der Waals surface area contributed by atoms with Gasteiger partial charge in [0.05, 0.1) is 51.6 Å². The minimum Gasteiger partial charge on any atom is -0.497 e. The van der Waals surface area contributed by atoms with Gasteiger partial charge in [-0.15, -0.1) is 0 Å². The predicted octanol–water partition coefficient (Wildman–Crippen LogP) is 8.55. The van der Waals surface area contributed by atoms with E-state index in [9.17, 15) is 0 Å². The fourth-order valence-corrected chi connectivity index (χ4v) is 7.61. The number of pyridine rings is 1. The van der Waals surface area contributed by atoms with E-state index in [1.807, 2.05) is 11.8 Å². The molecule has 0 radical (unpaired) electrons. The van der Waals surface area contributed by atoms with E-state index in [1.165, 1.54) is 37.9 Å². The second kappa shape index (κ2) is 14.0. The molecular weight excluding hydrogens is 585 g/mol. The van der Waals surface area contributed by atoms with Gasteiger partial charge in [0.15, 0.2) is 0 Å². The zero-order valence-corrected chi connectivity index (χ0v) is 28.6. The number of nitrogens with zero attached hydrogens (tertiary/aromatic N) is 4. The van der Waals surface area contributed by atoms with Crippen LogP contribution in [0.15, 0.2) is 119 Å². The first kappa shape index (κ1) is 31.7. The largest absolute Gasteiger partial charge is 0.497 e. The second-order valence-electron chi connectivity index (χ2n) is 12.8. The van der Waals surface area contributed by atoms with Crippen LogP contribution in [0.4, 0.5) is 11.5 Å². The lowest BCUT2D eigenvalue weighted by Crippen LogP contribution is -2.44. The van der Waals surface area contributed by atoms with Crippen LogP contribution < -0.4 is 19.1 Å². The third kappa shape index (κ3) is 6.93. The molecular formula is C40H46N4OS+2. The molecule has 0 N–H and O–H groups in total. The van der Waals surface area contributed by atoms with Crippen LogP contribution in [-0.4, -0.2) is 52.4 Å². The summed E-state index contributed by atoms with van der Waals surface area (Å²) >= 11 is 1.84. The minimum atomic E-state index is 0.856. The number of thioether (sulfide) groups is 1. The number of methoxy groups -OCH3 is 1. The van der Waals surface area contributed by atoms with Crippen molar-refractivity contribution < 1.29 is 13.8 Å². The first-order chi connectivity index (χ1) is 22.4. The highest BCUT2D eigenvalue weighted by Crippen LogP contribution is 2.46. The Morgan fingerprint density at radius 2 is 1.59 bits per heavy atom. The number of para-hydroxylation sites is 2. The lowest BCUT2D eigenvalue weighted by molar-refractivity contribution is -0.903. The molecule has 6 rings (SSSR count). The van der Waals surface area contributed by atoms with Crippen molar-refractivity contribution in [2.45, 2.75) is 31.2 Å². The Balaban J connectivity index is 1.43. The summed E-state index contributed by atoms with van der Waals surface area (Å²) in [5, 5.41) is 2.42. The summed E-state index contributed by atoms with van der Waals surface area (Å²) in [6.45, 7) is 6.36. The van der Waals surface area contributed by atoms with Gasteiger partial charge >= 0.3 is 0 Å². The van der Waals surface area contributed by atoms with E-state index in [1.54, 1.807) is 7.11 Å². The molecule has 46 heavy (non-hydrogen) atoms. The molecule has 0 unspecified atom stereocenters. The van der Waals surface area contributed by atoms with Gasteiger partial charge in [-0.25, -0.2) is 0 Å². The van der Waals surface area contributed by atoms with Crippen LogP contribution in [0.3, 0.4) is 0 Å². The Kier molecular flexibility index (Phi) is 9.67. The fourth-order valence-electron chi connectivity index (χ4n) is 6.51. The van der Waals surface area contributed by atoms with Gasteiger partial charge in [0.25, 0.3) is 5.82 Å². The molecule has 0 atom stereocenters. The molecule has 5 nitrogen and oxygen atoms in total. The molecule has 1 aliphatic heterocycles. The standard InChI is InChI=1S/C40H46N4OS/c1-6-24-42(25-15-26-44(3,4)30-31-16-9-7-10-17-31)39-27-32(28-40-41(2)36-20-13-14-21-38(36)46-40)35-23-22-34(45-5)29-37(35)43(39)33-18-11-8-12-19-33/h7-14,16-23,27-29H,6,15,24-26,30H2,1-5H3/q+2. The topological polar surface area (TPSA) is 19.6 Å². The van der Waals surface area contributed by atoms with E-state index in [2.05, 4.69) is 158 Å². The molecule has 0 saturated carbocycles. The van der Waals surface area contributed by atoms with E-state index in [4.69, 9.17) is 4.74 Å². The fraction of sp³-hybridized carbons (Fsp3) is 0.275. The Morgan fingerprint density at radius 1 is 0.870 bits per heavy atom. The average molecular weight is 631 g/mol. The molecule has 0 fully saturated rings. The lowest BCUT2D eigenvalue weighted by Gasteiger charge is -2.30. The van der Waals surface area contributed by atoms with Crippen LogP contribution in [0.25, 0.3) is 22.7 Å². The number of rotatable bonds is 12. The maximum absolute atomic E-state index is 5.79. The van der Waals surface area contributed by atoms with Gasteiger partial charge in [-0.05, 0) is 54.5 Å². The molecule has 6 heteroatoms. The summed E-state index contributed by atoms with van der Waals surface area (Å²) in [6, 6.07) is 39.2. The summed E-state index contributed by atoms with van der Waals surface area (Å²) in [5.74, 6) is 2.06. The molecule has 2 heterocycles. The van der Waals surface area contributed by atoms with Gasteiger partial charge < -0.3 is 14.1 Å². The zero-order chi connectivity index (χ0) is 32.1. The summed E-state index contributed by atoms with van der Waals surface area (Å²) in [6.07, 6.45) is 4.52. The smallest absolute Gasteiger partial charge is 0.282 e. The highest BCUT2D eigenvalue weighted by molar-refractivity contribution is 8.03. The van der Waals surface area contributed by atoms with E-state index in [0.717, 1.165) is 60.5 Å². The van der Waals surface area contributed by atoms with Crippen LogP contribution in [0, 0.1) is 0 Å². The highest BCUT2D eigenvalue weighted by atomic mass is 32.2. The maximum atomic E-state index is 5.79. The number of aromatic nitrogens is 1. The molecule has 0 aliphatic carbocycles. The molecule has 0 amide bonds. The third-order valence-electron chi connectivity index (χ3n) is 8.80. The monoisotopic (exact) mass is 630 g/mol. The summed E-state index contributed by atoms with van der Waals surface area (Å²) in [4.78, 5) is 6.20. The Hall–Kier alpha value is -4.26. The van der Waals surface area contributed by atoms with Gasteiger partial charge in [0.1, 0.15) is 23.5 Å². The average Bonchev–Trinajstić information content (AvgIpc) is 3.39. The Bertz CT molecular complexity index is 1820. The minimum absolute atomic E-state index is 0.856. The van der Waals surface area contributed by atoms with Crippen molar-refractivity contribution in [3.63, 3.8) is 0 Å². The van der Waals surface area contributed by atoms with Gasteiger partial charge in [0.2, 0.25) is 0 Å². The molecule has 1 aromatic heterocycles. The molecule has 5 aromatic rings. The van der Waals surface area contributed by atoms with Crippen molar-refractivity contribution in [3.05, 3.63) is 125 Å². The van der Waals surface area contributed by atoms with E-state index in [-0.39, 0.29) is 0 Å². The predicted molar refractivity (Wildman–Crippen MR) is 195 cm³/mol. The number of hydrogen-bond acceptors (Lipinski definition) is 4. The van der Waals surface area contributed by atoms with Crippen LogP contribution in [0.5, 0.6) is 5.75 Å². The lowest BCUT2D eigenvalue weighted by atomic mass is 10.1. The Morgan fingerprint density at radius 3 is 2.30 bits per heavy atom. The molecule has 0 spiro atoms. The van der Waals surface area contributed by atoms with Gasteiger partial charge in [-0.3, -0.25) is 4.90 Å². The molecule has 4 aromatic carbocycles. The number of hydrogen-bond donors (Lipinski definition) is 0. The summed E-state index contributed by atoms with van der Waals surface area (Å²) in [7, 11) is 8.62. The highest BCUT2D eigenvalue weighted by Gasteiger charge is 2.28. The molecule has 236 valence electrons. The van der Waals surface area contributed by atoms with Crippen molar-refractivity contribution in [2.24, 2.45) is 0 Å². The van der Waals surface area contributed by atoms with Crippen LogP contribution in [-0.2, 0) is 6.54 Å². The Labute approximate surface area is 278 Å². The van der Waals surface area contributed by atoms with Gasteiger partial charge in [0, 0.05) is 41.4 Å². The van der Waals surface area contributed by atoms with Crippen molar-refractivity contribution in [3.8, 4) is 11.4 Å². The zero-order valence-electron chi connectivity index (χ0n) is 27.8. The first-order valence-electron chi connectivity index (χ1n) is 16.3. The normalized spacial score (nSPS) is 13.8. The maximum Gasteiger partial charge on any atom is 0.282 e. The van der Waals surface area contributed by atoms with E-state index in [0.29, 0.717) is 0 Å². The summed E-state index contributed by atoms with van der Waals surface area (Å²) in [5.41, 5.74) is 6.14. The van der Waals surface area contributed by atoms with Gasteiger partial charge in [-0.1, -0.05) is 79.3 Å². The molecule has 0 saturated heterocycles. The number of benzene rings is 4. The van der Waals surface area contributed by atoms with E-state index >= 15 is 0 Å². The van der Waals surface area contributed by atoms with Crippen molar-refractivity contribution in [2.75, 3.05) is 57.7 Å². The van der Waals surface area contributed by atoms with Crippen molar-refractivity contribution in [1.29, 1.82) is 0 Å². The first-order valence-corrected chi connectivity index (χ1v) is 17.1. The SMILES string of the molecule is CCCN(CCC[N+](C)(C)Cc1ccccc1)c1cc(C=C2Sc3ccccc3N2C)c2ccc(OC)cc2[n+]1-c1ccccc1. The number of ether oxygens (including phenoxy) is 1.